The fourth-order valence-corrected chi connectivity index (χ4v) is 8.20. The molecule has 1 aromatic carbocycles. The largest absolute Gasteiger partial charge is 0.393 e. The maximum atomic E-state index is 12.3. The Morgan fingerprint density at radius 2 is 1.79 bits per heavy atom. The SMILES string of the molecule is C#CC.CC(C)Nc1ccc(C2CC3(C)C(O)CCC3C3CCC4=CC(=O)CCC4(C)C23)cc1. The quantitative estimate of drug-likeness (QED) is 0.491. The molecule has 184 valence electrons. The Morgan fingerprint density at radius 3 is 2.44 bits per heavy atom. The second-order valence-corrected chi connectivity index (χ2v) is 12.0. The molecule has 0 radical (unpaired) electrons. The second-order valence-electron chi connectivity index (χ2n) is 12.0. The minimum Gasteiger partial charge on any atom is -0.393 e. The van der Waals surface area contributed by atoms with Crippen LogP contribution in [0.2, 0.25) is 0 Å². The van der Waals surface area contributed by atoms with Gasteiger partial charge in [0.25, 0.3) is 0 Å². The zero-order chi connectivity index (χ0) is 24.7. The lowest BCUT2D eigenvalue weighted by atomic mass is 9.44. The molecule has 7 unspecified atom stereocenters. The average molecular weight is 462 g/mol. The van der Waals surface area contributed by atoms with E-state index in [1.807, 2.05) is 6.08 Å². The molecule has 34 heavy (non-hydrogen) atoms. The first-order valence-electron chi connectivity index (χ1n) is 13.3. The highest BCUT2D eigenvalue weighted by Gasteiger charge is 2.62. The van der Waals surface area contributed by atoms with E-state index in [-0.39, 0.29) is 16.9 Å². The van der Waals surface area contributed by atoms with Crippen molar-refractivity contribution in [2.24, 2.45) is 28.6 Å². The van der Waals surface area contributed by atoms with Crippen LogP contribution in [0.25, 0.3) is 0 Å². The van der Waals surface area contributed by atoms with Gasteiger partial charge in [-0.2, -0.15) is 0 Å². The van der Waals surface area contributed by atoms with E-state index in [0.29, 0.717) is 41.9 Å². The molecule has 4 aliphatic rings. The maximum absolute atomic E-state index is 12.3. The Bertz CT molecular complexity index is 970. The lowest BCUT2D eigenvalue weighted by molar-refractivity contribution is -0.118. The van der Waals surface area contributed by atoms with Gasteiger partial charge in [-0.15, -0.1) is 12.3 Å². The predicted octanol–water partition coefficient (Wildman–Crippen LogP) is 6.73. The summed E-state index contributed by atoms with van der Waals surface area (Å²) in [5, 5.41) is 14.6. The maximum Gasteiger partial charge on any atom is 0.155 e. The molecular formula is C31H43NO2. The monoisotopic (exact) mass is 461 g/mol. The Labute approximate surface area is 206 Å². The number of nitrogens with one attached hydrogen (secondary N) is 1. The van der Waals surface area contributed by atoms with E-state index < -0.39 is 0 Å². The van der Waals surface area contributed by atoms with Crippen LogP contribution >= 0.6 is 0 Å². The molecule has 0 heterocycles. The summed E-state index contributed by atoms with van der Waals surface area (Å²) in [6.07, 6.45) is 13.5. The number of rotatable bonds is 3. The Kier molecular flexibility index (Phi) is 7.03. The number of ketones is 1. The van der Waals surface area contributed by atoms with Gasteiger partial charge in [0.2, 0.25) is 0 Å². The molecule has 0 amide bonds. The Morgan fingerprint density at radius 1 is 1.12 bits per heavy atom. The van der Waals surface area contributed by atoms with Gasteiger partial charge in [-0.25, -0.2) is 0 Å². The van der Waals surface area contributed by atoms with Crippen molar-refractivity contribution in [1.29, 1.82) is 0 Å². The number of hydrogen-bond acceptors (Lipinski definition) is 3. The van der Waals surface area contributed by atoms with E-state index in [4.69, 9.17) is 0 Å². The molecule has 5 rings (SSSR count). The van der Waals surface area contributed by atoms with Crippen LogP contribution in [-0.2, 0) is 4.79 Å². The zero-order valence-corrected chi connectivity index (χ0v) is 21.7. The standard InChI is InChI=1S/C28H39NO2.C3H4/c1-17(2)29-20-8-5-18(6-9-20)23-16-28(4)24(11-12-25(28)31)22-10-7-19-15-21(30)13-14-27(19,3)26(22)23;1-3-2/h5-6,8-9,15,17,22-26,29,31H,7,10-14,16H2,1-4H3;1H,2H3. The highest BCUT2D eigenvalue weighted by molar-refractivity contribution is 5.91. The lowest BCUT2D eigenvalue weighted by Crippen LogP contribution is -2.54. The summed E-state index contributed by atoms with van der Waals surface area (Å²) < 4.78 is 0. The molecule has 1 aromatic rings. The first-order chi connectivity index (χ1) is 16.1. The summed E-state index contributed by atoms with van der Waals surface area (Å²) in [6.45, 7) is 10.8. The summed E-state index contributed by atoms with van der Waals surface area (Å²) in [5.74, 6) is 4.83. The number of fused-ring (bicyclic) bond motifs is 5. The molecule has 2 N–H and O–H groups in total. The van der Waals surface area contributed by atoms with Crippen molar-refractivity contribution in [3.8, 4) is 12.3 Å². The molecule has 3 heteroatoms. The van der Waals surface area contributed by atoms with Gasteiger partial charge in [-0.1, -0.05) is 31.6 Å². The molecule has 3 saturated carbocycles. The molecule has 3 nitrogen and oxygen atoms in total. The molecule has 0 saturated heterocycles. The number of hydrogen-bond donors (Lipinski definition) is 2. The van der Waals surface area contributed by atoms with Crippen LogP contribution in [0.15, 0.2) is 35.9 Å². The molecule has 3 fully saturated rings. The van der Waals surface area contributed by atoms with E-state index in [1.54, 1.807) is 6.92 Å². The average Bonchev–Trinajstić information content (AvgIpc) is 3.09. The molecule has 7 atom stereocenters. The van der Waals surface area contributed by atoms with Gasteiger partial charge >= 0.3 is 0 Å². The third-order valence-corrected chi connectivity index (χ3v) is 9.67. The van der Waals surface area contributed by atoms with Crippen LogP contribution in [0, 0.1) is 40.9 Å². The van der Waals surface area contributed by atoms with Crippen LogP contribution in [0.5, 0.6) is 0 Å². The topological polar surface area (TPSA) is 49.3 Å². The smallest absolute Gasteiger partial charge is 0.155 e. The van der Waals surface area contributed by atoms with Crippen molar-refractivity contribution in [2.75, 3.05) is 5.32 Å². The van der Waals surface area contributed by atoms with Crippen LogP contribution in [-0.4, -0.2) is 23.0 Å². The van der Waals surface area contributed by atoms with E-state index in [0.717, 1.165) is 32.1 Å². The number of carbonyl (C=O) groups is 1. The van der Waals surface area contributed by atoms with Gasteiger partial charge in [0.15, 0.2) is 5.78 Å². The number of benzene rings is 1. The van der Waals surface area contributed by atoms with Crippen molar-refractivity contribution in [3.63, 3.8) is 0 Å². The van der Waals surface area contributed by atoms with Crippen LogP contribution in [0.3, 0.4) is 0 Å². The predicted molar refractivity (Wildman–Crippen MR) is 141 cm³/mol. The Balaban J connectivity index is 0.000000868. The van der Waals surface area contributed by atoms with Gasteiger partial charge in [0.1, 0.15) is 0 Å². The highest BCUT2D eigenvalue weighted by Crippen LogP contribution is 2.68. The minimum absolute atomic E-state index is 0.0166. The zero-order valence-electron chi connectivity index (χ0n) is 21.7. The number of terminal acetylenes is 1. The number of allylic oxidation sites excluding steroid dienone is 1. The van der Waals surface area contributed by atoms with Crippen LogP contribution in [0.1, 0.15) is 91.0 Å². The fraction of sp³-hybridized carbons (Fsp3) is 0.645. The first kappa shape index (κ1) is 25.1. The fourth-order valence-electron chi connectivity index (χ4n) is 8.20. The summed E-state index contributed by atoms with van der Waals surface area (Å²) >= 11 is 0. The number of anilines is 1. The first-order valence-corrected chi connectivity index (χ1v) is 13.3. The third kappa shape index (κ3) is 4.24. The van der Waals surface area contributed by atoms with Crippen LogP contribution in [0.4, 0.5) is 5.69 Å². The van der Waals surface area contributed by atoms with E-state index in [1.165, 1.54) is 23.2 Å². The van der Waals surface area contributed by atoms with Crippen molar-refractivity contribution >= 4 is 11.5 Å². The van der Waals surface area contributed by atoms with Gasteiger partial charge in [-0.05, 0) is 118 Å². The Hall–Kier alpha value is -2.05. The molecule has 0 aromatic heterocycles. The number of aliphatic hydroxyl groups is 1. The van der Waals surface area contributed by atoms with E-state index in [9.17, 15) is 9.90 Å². The summed E-state index contributed by atoms with van der Waals surface area (Å²) in [6, 6.07) is 9.54. The van der Waals surface area contributed by atoms with Crippen molar-refractivity contribution in [2.45, 2.75) is 97.6 Å². The normalized spacial score (nSPS) is 38.5. The summed E-state index contributed by atoms with van der Waals surface area (Å²) in [4.78, 5) is 12.3. The lowest BCUT2D eigenvalue weighted by Gasteiger charge is -2.61. The van der Waals surface area contributed by atoms with E-state index >= 15 is 0 Å². The summed E-state index contributed by atoms with van der Waals surface area (Å²) in [5.41, 5.74) is 4.14. The van der Waals surface area contributed by atoms with Crippen molar-refractivity contribution in [1.82, 2.24) is 0 Å². The number of carbonyl (C=O) groups excluding carboxylic acids is 1. The molecule has 0 aliphatic heterocycles. The van der Waals surface area contributed by atoms with Crippen molar-refractivity contribution in [3.05, 3.63) is 41.5 Å². The second kappa shape index (κ2) is 9.54. The van der Waals surface area contributed by atoms with Gasteiger partial charge in [-0.3, -0.25) is 4.79 Å². The molecular weight excluding hydrogens is 418 g/mol. The van der Waals surface area contributed by atoms with Crippen molar-refractivity contribution < 1.29 is 9.90 Å². The van der Waals surface area contributed by atoms with Gasteiger partial charge in [0, 0.05) is 18.2 Å². The van der Waals surface area contributed by atoms with E-state index in [2.05, 4.69) is 69.6 Å². The number of aliphatic hydroxyl groups excluding tert-OH is 1. The highest BCUT2D eigenvalue weighted by atomic mass is 16.3. The molecule has 4 aliphatic carbocycles. The molecule has 0 bridgehead atoms. The van der Waals surface area contributed by atoms with Crippen LogP contribution < -0.4 is 5.32 Å². The van der Waals surface area contributed by atoms with Gasteiger partial charge in [0.05, 0.1) is 6.10 Å². The summed E-state index contributed by atoms with van der Waals surface area (Å²) in [7, 11) is 0. The third-order valence-electron chi connectivity index (χ3n) is 9.67. The minimum atomic E-state index is -0.180. The molecule has 0 spiro atoms. The van der Waals surface area contributed by atoms with Gasteiger partial charge < -0.3 is 10.4 Å².